The highest BCUT2D eigenvalue weighted by Gasteiger charge is 2.12. The predicted molar refractivity (Wildman–Crippen MR) is 114 cm³/mol. The number of aromatic nitrogens is 1. The maximum Gasteiger partial charge on any atom is 0.335 e. The number of aromatic carboxylic acids is 1. The predicted octanol–water partition coefficient (Wildman–Crippen LogP) is 4.52. The lowest BCUT2D eigenvalue weighted by Gasteiger charge is -2.05. The number of carboxylic acids is 1. The Balaban J connectivity index is 1.47. The van der Waals surface area contributed by atoms with E-state index in [4.69, 9.17) is 10.1 Å². The van der Waals surface area contributed by atoms with Crippen LogP contribution in [-0.4, -0.2) is 22.0 Å². The summed E-state index contributed by atoms with van der Waals surface area (Å²) in [6.45, 7) is 0.278. The number of hydrogen-bond donors (Lipinski definition) is 2. The van der Waals surface area contributed by atoms with Crippen LogP contribution >= 0.6 is 11.3 Å². The van der Waals surface area contributed by atoms with Gasteiger partial charge in [-0.1, -0.05) is 54.6 Å². The van der Waals surface area contributed by atoms with Gasteiger partial charge in [-0.15, -0.1) is 11.3 Å². The normalized spacial score (nSPS) is 10.8. The van der Waals surface area contributed by atoms with Crippen molar-refractivity contribution in [3.8, 4) is 11.1 Å². The molecule has 1 aromatic heterocycles. The van der Waals surface area contributed by atoms with Crippen molar-refractivity contribution in [2.45, 2.75) is 13.0 Å². The molecule has 0 aliphatic rings. The fourth-order valence-corrected chi connectivity index (χ4v) is 4.13. The molecular formula is C23H18N2O3S. The van der Waals surface area contributed by atoms with Crippen LogP contribution in [0, 0.1) is 0 Å². The van der Waals surface area contributed by atoms with Gasteiger partial charge in [0, 0.05) is 12.1 Å². The second-order valence-corrected chi connectivity index (χ2v) is 7.70. The number of nitrogens with one attached hydrogen (secondary N) is 1. The summed E-state index contributed by atoms with van der Waals surface area (Å²) in [5.41, 5.74) is 4.00. The van der Waals surface area contributed by atoms with E-state index in [2.05, 4.69) is 5.32 Å². The number of carboxylic acid groups (broad SMARTS) is 1. The molecule has 1 amide bonds. The number of carbonyl (C=O) groups excluding carboxylic acids is 1. The number of carbonyl (C=O) groups is 2. The lowest BCUT2D eigenvalue weighted by molar-refractivity contribution is -0.120. The van der Waals surface area contributed by atoms with Gasteiger partial charge in [0.1, 0.15) is 5.01 Å². The highest BCUT2D eigenvalue weighted by Crippen LogP contribution is 2.31. The van der Waals surface area contributed by atoms with E-state index in [0.29, 0.717) is 0 Å². The monoisotopic (exact) mass is 402 g/mol. The van der Waals surface area contributed by atoms with Crippen LogP contribution in [0.4, 0.5) is 0 Å². The molecule has 0 bridgehead atoms. The number of para-hydroxylation sites is 1. The smallest absolute Gasteiger partial charge is 0.335 e. The third-order valence-electron chi connectivity index (χ3n) is 4.52. The van der Waals surface area contributed by atoms with Crippen molar-refractivity contribution in [1.29, 1.82) is 0 Å². The summed E-state index contributed by atoms with van der Waals surface area (Å²) in [5, 5.41) is 12.7. The first-order chi connectivity index (χ1) is 14.1. The molecule has 4 aromatic rings. The van der Waals surface area contributed by atoms with Crippen molar-refractivity contribution < 1.29 is 14.7 Å². The lowest BCUT2D eigenvalue weighted by Crippen LogP contribution is -2.24. The molecule has 4 rings (SSSR count). The maximum atomic E-state index is 12.4. The topological polar surface area (TPSA) is 79.3 Å². The molecule has 6 heteroatoms. The van der Waals surface area contributed by atoms with Gasteiger partial charge >= 0.3 is 5.97 Å². The van der Waals surface area contributed by atoms with Gasteiger partial charge in [0.25, 0.3) is 0 Å². The Morgan fingerprint density at radius 2 is 1.76 bits per heavy atom. The standard InChI is InChI=1S/C23H18N2O3S/c26-20(24-14-15-6-4-9-17(12-15)23(27)28)13-21-25-22-18(10-5-11-19(22)29-21)16-7-2-1-3-8-16/h1-12H,13-14H2,(H,24,26)(H,27,28). The molecular weight excluding hydrogens is 384 g/mol. The molecule has 3 aromatic carbocycles. The fourth-order valence-electron chi connectivity index (χ4n) is 3.14. The number of benzene rings is 3. The molecule has 0 unspecified atom stereocenters. The molecule has 2 N–H and O–H groups in total. The van der Waals surface area contributed by atoms with Gasteiger partial charge in [0.15, 0.2) is 0 Å². The molecule has 0 radical (unpaired) electrons. The van der Waals surface area contributed by atoms with Gasteiger partial charge in [-0.25, -0.2) is 9.78 Å². The van der Waals surface area contributed by atoms with E-state index in [9.17, 15) is 9.59 Å². The summed E-state index contributed by atoms with van der Waals surface area (Å²) >= 11 is 1.51. The Labute approximate surface area is 171 Å². The molecule has 0 atom stereocenters. The summed E-state index contributed by atoms with van der Waals surface area (Å²) in [6, 6.07) is 22.7. The van der Waals surface area contributed by atoms with E-state index in [0.717, 1.165) is 31.9 Å². The molecule has 1 heterocycles. The van der Waals surface area contributed by atoms with Gasteiger partial charge in [-0.05, 0) is 29.3 Å². The maximum absolute atomic E-state index is 12.4. The minimum Gasteiger partial charge on any atom is -0.478 e. The molecule has 0 fully saturated rings. The zero-order valence-corrected chi connectivity index (χ0v) is 16.3. The summed E-state index contributed by atoms with van der Waals surface area (Å²) in [7, 11) is 0. The zero-order valence-electron chi connectivity index (χ0n) is 15.5. The number of fused-ring (bicyclic) bond motifs is 1. The van der Waals surface area contributed by atoms with Crippen molar-refractivity contribution in [3.63, 3.8) is 0 Å². The SMILES string of the molecule is O=C(Cc1nc2c(-c3ccccc3)cccc2s1)NCc1cccc(C(=O)O)c1. The first-order valence-corrected chi connectivity index (χ1v) is 9.94. The number of hydrogen-bond acceptors (Lipinski definition) is 4. The van der Waals surface area contributed by atoms with E-state index in [1.807, 2.05) is 48.5 Å². The molecule has 0 spiro atoms. The zero-order chi connectivity index (χ0) is 20.2. The Bertz CT molecular complexity index is 1190. The quantitative estimate of drug-likeness (QED) is 0.497. The van der Waals surface area contributed by atoms with Gasteiger partial charge in [-0.3, -0.25) is 4.79 Å². The highest BCUT2D eigenvalue weighted by molar-refractivity contribution is 7.18. The summed E-state index contributed by atoms with van der Waals surface area (Å²) < 4.78 is 1.04. The summed E-state index contributed by atoms with van der Waals surface area (Å²) in [4.78, 5) is 28.1. The van der Waals surface area contributed by atoms with E-state index >= 15 is 0 Å². The Morgan fingerprint density at radius 1 is 0.966 bits per heavy atom. The molecule has 0 aliphatic carbocycles. The summed E-state index contributed by atoms with van der Waals surface area (Å²) in [5.74, 6) is -1.13. The van der Waals surface area contributed by atoms with Crippen molar-refractivity contribution in [2.75, 3.05) is 0 Å². The van der Waals surface area contributed by atoms with Crippen LogP contribution in [0.2, 0.25) is 0 Å². The number of rotatable bonds is 6. The van der Waals surface area contributed by atoms with Crippen molar-refractivity contribution in [3.05, 3.63) is 88.9 Å². The van der Waals surface area contributed by atoms with Crippen molar-refractivity contribution in [2.24, 2.45) is 0 Å². The Morgan fingerprint density at radius 3 is 2.55 bits per heavy atom. The highest BCUT2D eigenvalue weighted by atomic mass is 32.1. The van der Waals surface area contributed by atoms with Gasteiger partial charge in [-0.2, -0.15) is 0 Å². The van der Waals surface area contributed by atoms with E-state index in [1.165, 1.54) is 17.4 Å². The second-order valence-electron chi connectivity index (χ2n) is 6.58. The van der Waals surface area contributed by atoms with Gasteiger partial charge in [0.05, 0.1) is 22.2 Å². The average molecular weight is 402 g/mol. The number of amides is 1. The molecule has 0 aliphatic heterocycles. The molecule has 5 nitrogen and oxygen atoms in total. The molecule has 0 saturated carbocycles. The minimum absolute atomic E-state index is 0.147. The first kappa shape index (κ1) is 18.8. The van der Waals surface area contributed by atoms with Crippen LogP contribution in [0.25, 0.3) is 21.3 Å². The van der Waals surface area contributed by atoms with E-state index in [1.54, 1.807) is 18.2 Å². The summed E-state index contributed by atoms with van der Waals surface area (Å²) in [6.07, 6.45) is 0.187. The minimum atomic E-state index is -0.984. The van der Waals surface area contributed by atoms with Crippen LogP contribution in [-0.2, 0) is 17.8 Å². The fraction of sp³-hybridized carbons (Fsp3) is 0.0870. The third-order valence-corrected chi connectivity index (χ3v) is 5.54. The number of thiazole rings is 1. The molecule has 29 heavy (non-hydrogen) atoms. The van der Waals surface area contributed by atoms with Gasteiger partial charge in [0.2, 0.25) is 5.91 Å². The van der Waals surface area contributed by atoms with Gasteiger partial charge < -0.3 is 10.4 Å². The van der Waals surface area contributed by atoms with Crippen LogP contribution in [0.3, 0.4) is 0 Å². The van der Waals surface area contributed by atoms with Crippen LogP contribution in [0.5, 0.6) is 0 Å². The second kappa shape index (κ2) is 8.24. The number of nitrogens with zero attached hydrogens (tertiary/aromatic N) is 1. The van der Waals surface area contributed by atoms with Crippen LogP contribution in [0.15, 0.2) is 72.8 Å². The van der Waals surface area contributed by atoms with Crippen molar-refractivity contribution in [1.82, 2.24) is 10.3 Å². The first-order valence-electron chi connectivity index (χ1n) is 9.13. The van der Waals surface area contributed by atoms with Crippen LogP contribution < -0.4 is 5.32 Å². The van der Waals surface area contributed by atoms with E-state index in [-0.39, 0.29) is 24.4 Å². The Hall–Kier alpha value is -3.51. The lowest BCUT2D eigenvalue weighted by atomic mass is 10.0. The average Bonchev–Trinajstić information content (AvgIpc) is 3.15. The van der Waals surface area contributed by atoms with Crippen molar-refractivity contribution >= 4 is 33.4 Å². The largest absolute Gasteiger partial charge is 0.478 e. The molecule has 144 valence electrons. The third kappa shape index (κ3) is 4.33. The Kier molecular flexibility index (Phi) is 5.35. The molecule has 0 saturated heterocycles. The van der Waals surface area contributed by atoms with Crippen LogP contribution in [0.1, 0.15) is 20.9 Å². The van der Waals surface area contributed by atoms with E-state index < -0.39 is 5.97 Å².